The quantitative estimate of drug-likeness (QED) is 0.547. The Morgan fingerprint density at radius 2 is 1.80 bits per heavy atom. The first-order valence-electron chi connectivity index (χ1n) is 9.83. The van der Waals surface area contributed by atoms with Crippen LogP contribution in [0.3, 0.4) is 0 Å². The maximum atomic E-state index is 14.0. The highest BCUT2D eigenvalue weighted by atomic mass is 19.1. The minimum absolute atomic E-state index is 0.328. The van der Waals surface area contributed by atoms with Gasteiger partial charge in [0.1, 0.15) is 18.0 Å². The molecule has 30 heavy (non-hydrogen) atoms. The Morgan fingerprint density at radius 3 is 2.60 bits per heavy atom. The summed E-state index contributed by atoms with van der Waals surface area (Å²) in [6, 6.07) is 16.5. The van der Waals surface area contributed by atoms with Gasteiger partial charge in [0.15, 0.2) is 0 Å². The molecule has 0 amide bonds. The van der Waals surface area contributed by atoms with Crippen molar-refractivity contribution in [2.75, 3.05) is 36.5 Å². The van der Waals surface area contributed by atoms with E-state index in [-0.39, 0.29) is 5.82 Å². The molecule has 1 N–H and O–H groups in total. The number of nitrogens with one attached hydrogen (secondary N) is 1. The molecule has 0 aliphatic carbocycles. The Kier molecular flexibility index (Phi) is 4.94. The topological polar surface area (TPSA) is 63.2 Å². The summed E-state index contributed by atoms with van der Waals surface area (Å²) in [5.74, 6) is 0.234. The van der Waals surface area contributed by atoms with E-state index < -0.39 is 0 Å². The summed E-state index contributed by atoms with van der Waals surface area (Å²) < 4.78 is 19.4. The molecule has 6 nitrogen and oxygen atoms in total. The fourth-order valence-corrected chi connectivity index (χ4v) is 3.57. The summed E-state index contributed by atoms with van der Waals surface area (Å²) in [7, 11) is 0. The third-order valence-corrected chi connectivity index (χ3v) is 5.18. The maximum Gasteiger partial charge on any atom is 0.146 e. The molecule has 2 aromatic heterocycles. The van der Waals surface area contributed by atoms with Gasteiger partial charge in [0.05, 0.1) is 42.0 Å². The number of fused-ring (bicyclic) bond motifs is 1. The molecule has 0 atom stereocenters. The number of hydrogen-bond donors (Lipinski definition) is 1. The van der Waals surface area contributed by atoms with Gasteiger partial charge in [-0.2, -0.15) is 0 Å². The maximum absolute atomic E-state index is 14.0. The van der Waals surface area contributed by atoms with E-state index in [0.717, 1.165) is 54.2 Å². The molecule has 1 saturated heterocycles. The lowest BCUT2D eigenvalue weighted by Crippen LogP contribution is -2.36. The first-order valence-corrected chi connectivity index (χ1v) is 9.83. The largest absolute Gasteiger partial charge is 0.378 e. The van der Waals surface area contributed by atoms with Crippen LogP contribution >= 0.6 is 0 Å². The van der Waals surface area contributed by atoms with Crippen LogP contribution in [0.5, 0.6) is 0 Å². The zero-order valence-electron chi connectivity index (χ0n) is 16.3. The van der Waals surface area contributed by atoms with Gasteiger partial charge in [-0.05, 0) is 36.4 Å². The van der Waals surface area contributed by atoms with Gasteiger partial charge < -0.3 is 15.0 Å². The number of rotatable bonds is 4. The highest BCUT2D eigenvalue weighted by molar-refractivity contribution is 5.93. The number of aromatic nitrogens is 3. The van der Waals surface area contributed by atoms with Crippen LogP contribution in [0.2, 0.25) is 0 Å². The second kappa shape index (κ2) is 8.04. The minimum atomic E-state index is -0.328. The van der Waals surface area contributed by atoms with Crippen molar-refractivity contribution in [3.8, 4) is 11.3 Å². The zero-order valence-corrected chi connectivity index (χ0v) is 16.3. The Labute approximate surface area is 173 Å². The number of morpholine rings is 1. The Morgan fingerprint density at radius 1 is 0.933 bits per heavy atom. The number of benzene rings is 2. The molecule has 5 rings (SSSR count). The lowest BCUT2D eigenvalue weighted by atomic mass is 10.1. The monoisotopic (exact) mass is 401 g/mol. The van der Waals surface area contributed by atoms with Crippen LogP contribution in [0.4, 0.5) is 21.6 Å². The van der Waals surface area contributed by atoms with Gasteiger partial charge in [0.25, 0.3) is 0 Å². The fourth-order valence-electron chi connectivity index (χ4n) is 3.57. The van der Waals surface area contributed by atoms with Crippen molar-refractivity contribution in [2.24, 2.45) is 0 Å². The molecule has 1 aliphatic heterocycles. The molecule has 7 heteroatoms. The van der Waals surface area contributed by atoms with E-state index >= 15 is 0 Å². The van der Waals surface area contributed by atoms with Crippen LogP contribution in [0.1, 0.15) is 0 Å². The molecular weight excluding hydrogens is 381 g/mol. The third kappa shape index (κ3) is 3.67. The van der Waals surface area contributed by atoms with E-state index in [1.165, 1.54) is 12.4 Å². The van der Waals surface area contributed by atoms with Crippen LogP contribution in [0, 0.1) is 5.82 Å². The van der Waals surface area contributed by atoms with Gasteiger partial charge in [0.2, 0.25) is 0 Å². The molecule has 1 aliphatic rings. The van der Waals surface area contributed by atoms with E-state index in [2.05, 4.69) is 31.2 Å². The summed E-state index contributed by atoms with van der Waals surface area (Å²) >= 11 is 0. The van der Waals surface area contributed by atoms with Gasteiger partial charge in [0, 0.05) is 24.0 Å². The summed E-state index contributed by atoms with van der Waals surface area (Å²) in [6.45, 7) is 3.25. The van der Waals surface area contributed by atoms with Crippen molar-refractivity contribution in [1.29, 1.82) is 0 Å². The number of ether oxygens (including phenoxy) is 1. The lowest BCUT2D eigenvalue weighted by Gasteiger charge is -2.28. The molecule has 2 aromatic carbocycles. The van der Waals surface area contributed by atoms with Crippen LogP contribution in [-0.4, -0.2) is 41.3 Å². The predicted octanol–water partition coefficient (Wildman–Crippen LogP) is 4.41. The summed E-state index contributed by atoms with van der Waals surface area (Å²) in [6.07, 6.45) is 3.38. The number of pyridine rings is 1. The van der Waals surface area contributed by atoms with Gasteiger partial charge in [-0.15, -0.1) is 0 Å². The summed E-state index contributed by atoms with van der Waals surface area (Å²) in [5, 5.41) is 3.88. The first-order chi connectivity index (χ1) is 14.8. The van der Waals surface area contributed by atoms with Gasteiger partial charge >= 0.3 is 0 Å². The molecule has 0 saturated carbocycles. The van der Waals surface area contributed by atoms with Crippen LogP contribution in [-0.2, 0) is 4.74 Å². The Hall–Kier alpha value is -3.58. The molecule has 0 bridgehead atoms. The summed E-state index contributed by atoms with van der Waals surface area (Å²) in [4.78, 5) is 15.6. The number of para-hydroxylation sites is 1. The van der Waals surface area contributed by atoms with E-state index in [9.17, 15) is 4.39 Å². The van der Waals surface area contributed by atoms with Crippen molar-refractivity contribution in [2.45, 2.75) is 0 Å². The van der Waals surface area contributed by atoms with Crippen LogP contribution in [0.15, 0.2) is 67.1 Å². The van der Waals surface area contributed by atoms with Crippen LogP contribution in [0.25, 0.3) is 22.2 Å². The molecule has 150 valence electrons. The molecule has 1 fully saturated rings. The smallest absolute Gasteiger partial charge is 0.146 e. The number of anilines is 3. The Balaban J connectivity index is 1.43. The molecule has 0 spiro atoms. The molecular formula is C23H20FN5O. The van der Waals surface area contributed by atoms with E-state index in [4.69, 9.17) is 4.74 Å². The minimum Gasteiger partial charge on any atom is -0.378 e. The lowest BCUT2D eigenvalue weighted by molar-refractivity contribution is 0.122. The van der Waals surface area contributed by atoms with Gasteiger partial charge in [-0.1, -0.05) is 18.2 Å². The number of hydrogen-bond acceptors (Lipinski definition) is 6. The molecule has 0 radical (unpaired) electrons. The van der Waals surface area contributed by atoms with Gasteiger partial charge in [-0.25, -0.2) is 14.4 Å². The zero-order chi connectivity index (χ0) is 20.3. The second-order valence-electron chi connectivity index (χ2n) is 7.06. The van der Waals surface area contributed by atoms with Crippen molar-refractivity contribution >= 4 is 28.1 Å². The highest BCUT2D eigenvalue weighted by Gasteiger charge is 2.12. The average Bonchev–Trinajstić information content (AvgIpc) is 2.81. The SMILES string of the molecule is Fc1ccccc1Nc1ncnc2cc(-c3ccc(N4CCOCC4)cn3)ccc12. The Bertz CT molecular complexity index is 1180. The third-order valence-electron chi connectivity index (χ3n) is 5.18. The van der Waals surface area contributed by atoms with Gasteiger partial charge in [-0.3, -0.25) is 4.98 Å². The number of halogens is 1. The normalized spacial score (nSPS) is 14.1. The predicted molar refractivity (Wildman–Crippen MR) is 115 cm³/mol. The number of nitrogens with zero attached hydrogens (tertiary/aromatic N) is 4. The van der Waals surface area contributed by atoms with E-state index in [1.807, 2.05) is 30.5 Å². The highest BCUT2D eigenvalue weighted by Crippen LogP contribution is 2.28. The van der Waals surface area contributed by atoms with E-state index in [1.54, 1.807) is 18.2 Å². The molecule has 4 aromatic rings. The van der Waals surface area contributed by atoms with Crippen molar-refractivity contribution in [3.63, 3.8) is 0 Å². The average molecular weight is 401 g/mol. The molecule has 0 unspecified atom stereocenters. The van der Waals surface area contributed by atoms with Crippen molar-refractivity contribution in [3.05, 3.63) is 72.9 Å². The fraction of sp³-hybridized carbons (Fsp3) is 0.174. The second-order valence-corrected chi connectivity index (χ2v) is 7.06. The summed E-state index contributed by atoms with van der Waals surface area (Å²) in [5.41, 5.74) is 4.08. The first kappa shape index (κ1) is 18.4. The molecule has 3 heterocycles. The van der Waals surface area contributed by atoms with E-state index in [0.29, 0.717) is 11.5 Å². The van der Waals surface area contributed by atoms with Crippen molar-refractivity contribution < 1.29 is 9.13 Å². The van der Waals surface area contributed by atoms with Crippen molar-refractivity contribution in [1.82, 2.24) is 15.0 Å². The van der Waals surface area contributed by atoms with Crippen LogP contribution < -0.4 is 10.2 Å². The standard InChI is InChI=1S/C23H20FN5O/c24-19-3-1-2-4-21(19)28-23-18-7-5-16(13-22(18)26-15-27-23)20-8-6-17(14-25-20)29-9-11-30-12-10-29/h1-8,13-15H,9-12H2,(H,26,27,28).